The van der Waals surface area contributed by atoms with Crippen LogP contribution in [0.5, 0.6) is 0 Å². The Labute approximate surface area is 80.4 Å². The molecule has 0 radical (unpaired) electrons. The molecule has 0 spiro atoms. The van der Waals surface area contributed by atoms with Crippen LogP contribution in [0.4, 0.5) is 0 Å². The fourth-order valence-electron chi connectivity index (χ4n) is 1.27. The summed E-state index contributed by atoms with van der Waals surface area (Å²) in [5, 5.41) is 3.13. The molecule has 0 amide bonds. The molecule has 1 aliphatic rings. The minimum atomic E-state index is -3.11. The highest BCUT2D eigenvalue weighted by molar-refractivity contribution is 7.90. The molecular formula is C8H18N2O2S. The van der Waals surface area contributed by atoms with Crippen LogP contribution in [0.3, 0.4) is 0 Å². The Morgan fingerprint density at radius 3 is 2.00 bits per heavy atom. The molecule has 0 aromatic rings. The van der Waals surface area contributed by atoms with E-state index in [2.05, 4.69) is 5.32 Å². The number of sulfonamides is 1. The van der Waals surface area contributed by atoms with Crippen molar-refractivity contribution >= 4 is 10.0 Å². The van der Waals surface area contributed by atoms with Gasteiger partial charge in [-0.25, -0.2) is 8.42 Å². The van der Waals surface area contributed by atoms with Gasteiger partial charge in [0.1, 0.15) is 0 Å². The van der Waals surface area contributed by atoms with Gasteiger partial charge in [0, 0.05) is 26.2 Å². The predicted molar refractivity (Wildman–Crippen MR) is 53.1 cm³/mol. The molecule has 0 aromatic heterocycles. The van der Waals surface area contributed by atoms with Crippen molar-refractivity contribution in [1.82, 2.24) is 9.62 Å². The summed E-state index contributed by atoms with van der Waals surface area (Å²) in [4.78, 5) is 0. The van der Waals surface area contributed by atoms with Crippen molar-refractivity contribution in [1.29, 1.82) is 0 Å². The van der Waals surface area contributed by atoms with Crippen LogP contribution in [-0.4, -0.2) is 43.6 Å². The molecule has 0 atom stereocenters. The zero-order chi connectivity index (χ0) is 10.1. The summed E-state index contributed by atoms with van der Waals surface area (Å²) in [5.41, 5.74) is 0. The number of hydrogen-bond donors (Lipinski definition) is 1. The number of piperazine rings is 1. The van der Waals surface area contributed by atoms with Crippen molar-refractivity contribution in [3.05, 3.63) is 0 Å². The van der Waals surface area contributed by atoms with Crippen LogP contribution in [-0.2, 0) is 10.0 Å². The van der Waals surface area contributed by atoms with Crippen molar-refractivity contribution in [2.24, 2.45) is 0 Å². The lowest BCUT2D eigenvalue weighted by Gasteiger charge is -2.32. The van der Waals surface area contributed by atoms with Crippen molar-refractivity contribution in [2.45, 2.75) is 25.5 Å². The van der Waals surface area contributed by atoms with Crippen LogP contribution in [0.25, 0.3) is 0 Å². The van der Waals surface area contributed by atoms with Gasteiger partial charge in [-0.05, 0) is 20.8 Å². The van der Waals surface area contributed by atoms with E-state index in [-0.39, 0.29) is 0 Å². The second-order valence-corrected chi connectivity index (χ2v) is 6.96. The van der Waals surface area contributed by atoms with E-state index >= 15 is 0 Å². The van der Waals surface area contributed by atoms with Crippen molar-refractivity contribution < 1.29 is 8.42 Å². The Morgan fingerprint density at radius 1 is 1.15 bits per heavy atom. The molecule has 0 aliphatic carbocycles. The first-order valence-electron chi connectivity index (χ1n) is 4.56. The average molecular weight is 206 g/mol. The first-order chi connectivity index (χ1) is 5.86. The highest BCUT2D eigenvalue weighted by Gasteiger charge is 2.35. The van der Waals surface area contributed by atoms with Gasteiger partial charge >= 0.3 is 0 Å². The second-order valence-electron chi connectivity index (χ2n) is 4.27. The molecule has 1 saturated heterocycles. The van der Waals surface area contributed by atoms with Crippen LogP contribution in [0.2, 0.25) is 0 Å². The monoisotopic (exact) mass is 206 g/mol. The van der Waals surface area contributed by atoms with Crippen LogP contribution >= 0.6 is 0 Å². The molecule has 78 valence electrons. The second kappa shape index (κ2) is 3.55. The third-order valence-corrected chi connectivity index (χ3v) is 4.78. The molecule has 1 aliphatic heterocycles. The van der Waals surface area contributed by atoms with E-state index in [0.29, 0.717) is 13.1 Å². The molecule has 1 N–H and O–H groups in total. The van der Waals surface area contributed by atoms with Crippen molar-refractivity contribution in [3.63, 3.8) is 0 Å². The van der Waals surface area contributed by atoms with Gasteiger partial charge in [0.15, 0.2) is 0 Å². The summed E-state index contributed by atoms with van der Waals surface area (Å²) in [6.45, 7) is 7.93. The van der Waals surface area contributed by atoms with Crippen LogP contribution in [0, 0.1) is 0 Å². The Hall–Kier alpha value is -0.130. The largest absolute Gasteiger partial charge is 0.314 e. The molecule has 0 unspecified atom stereocenters. The first-order valence-corrected chi connectivity index (χ1v) is 6.00. The Bertz CT molecular complexity index is 260. The third-order valence-electron chi connectivity index (χ3n) is 2.19. The summed E-state index contributed by atoms with van der Waals surface area (Å²) >= 11 is 0. The molecule has 0 bridgehead atoms. The summed E-state index contributed by atoms with van der Waals surface area (Å²) in [6.07, 6.45) is 0. The van der Waals surface area contributed by atoms with Crippen LogP contribution in [0.15, 0.2) is 0 Å². The van der Waals surface area contributed by atoms with Crippen LogP contribution in [0.1, 0.15) is 20.8 Å². The molecule has 5 heteroatoms. The quantitative estimate of drug-likeness (QED) is 0.658. The van der Waals surface area contributed by atoms with Gasteiger partial charge in [-0.3, -0.25) is 0 Å². The minimum absolute atomic E-state index is 0.597. The van der Waals surface area contributed by atoms with E-state index in [1.807, 2.05) is 0 Å². The van der Waals surface area contributed by atoms with Gasteiger partial charge in [0.05, 0.1) is 4.75 Å². The number of hydrogen-bond acceptors (Lipinski definition) is 3. The maximum absolute atomic E-state index is 11.9. The smallest absolute Gasteiger partial charge is 0.219 e. The third kappa shape index (κ3) is 2.21. The highest BCUT2D eigenvalue weighted by Crippen LogP contribution is 2.20. The topological polar surface area (TPSA) is 49.4 Å². The van der Waals surface area contributed by atoms with E-state index in [4.69, 9.17) is 0 Å². The Balaban J connectivity index is 2.80. The summed E-state index contributed by atoms with van der Waals surface area (Å²) in [7, 11) is -3.11. The molecule has 1 heterocycles. The summed E-state index contributed by atoms with van der Waals surface area (Å²) < 4.78 is 24.7. The normalized spacial score (nSPS) is 21.8. The van der Waals surface area contributed by atoms with Crippen molar-refractivity contribution in [2.75, 3.05) is 26.2 Å². The number of rotatable bonds is 1. The molecule has 0 aromatic carbocycles. The lowest BCUT2D eigenvalue weighted by Crippen LogP contribution is -2.51. The number of nitrogens with one attached hydrogen (secondary N) is 1. The SMILES string of the molecule is CC(C)(C)S(=O)(=O)N1CCNCC1. The molecular weight excluding hydrogens is 188 g/mol. The van der Waals surface area contributed by atoms with E-state index in [1.165, 1.54) is 0 Å². The standard InChI is InChI=1S/C8H18N2O2S/c1-8(2,3)13(11,12)10-6-4-9-5-7-10/h9H,4-7H2,1-3H3. The first kappa shape index (κ1) is 10.9. The van der Waals surface area contributed by atoms with E-state index in [9.17, 15) is 8.42 Å². The van der Waals surface area contributed by atoms with Gasteiger partial charge in [-0.2, -0.15) is 4.31 Å². The lowest BCUT2D eigenvalue weighted by molar-refractivity contribution is 0.349. The highest BCUT2D eigenvalue weighted by atomic mass is 32.2. The van der Waals surface area contributed by atoms with Gasteiger partial charge in [-0.1, -0.05) is 0 Å². The van der Waals surface area contributed by atoms with E-state index < -0.39 is 14.8 Å². The zero-order valence-corrected chi connectivity index (χ0v) is 9.32. The maximum atomic E-state index is 11.9. The van der Waals surface area contributed by atoms with Gasteiger partial charge in [0.2, 0.25) is 10.0 Å². The fourth-order valence-corrected chi connectivity index (χ4v) is 2.71. The summed E-state index contributed by atoms with van der Waals surface area (Å²) in [5.74, 6) is 0. The molecule has 13 heavy (non-hydrogen) atoms. The molecule has 0 saturated carbocycles. The molecule has 1 fully saturated rings. The summed E-state index contributed by atoms with van der Waals surface area (Å²) in [6, 6.07) is 0. The van der Waals surface area contributed by atoms with Gasteiger partial charge in [0.25, 0.3) is 0 Å². The van der Waals surface area contributed by atoms with E-state index in [1.54, 1.807) is 25.1 Å². The Morgan fingerprint density at radius 2 is 1.62 bits per heavy atom. The maximum Gasteiger partial charge on any atom is 0.219 e. The molecule has 4 nitrogen and oxygen atoms in total. The minimum Gasteiger partial charge on any atom is -0.314 e. The molecule has 1 rings (SSSR count). The average Bonchev–Trinajstić information content (AvgIpc) is 2.04. The fraction of sp³-hybridized carbons (Fsp3) is 1.00. The van der Waals surface area contributed by atoms with Crippen molar-refractivity contribution in [3.8, 4) is 0 Å². The zero-order valence-electron chi connectivity index (χ0n) is 8.50. The van der Waals surface area contributed by atoms with Crippen LogP contribution < -0.4 is 5.32 Å². The Kier molecular flexibility index (Phi) is 2.99. The lowest BCUT2D eigenvalue weighted by atomic mass is 10.3. The van der Waals surface area contributed by atoms with E-state index in [0.717, 1.165) is 13.1 Å². The number of nitrogens with zero attached hydrogens (tertiary/aromatic N) is 1. The van der Waals surface area contributed by atoms with Gasteiger partial charge in [-0.15, -0.1) is 0 Å². The van der Waals surface area contributed by atoms with Gasteiger partial charge < -0.3 is 5.32 Å². The predicted octanol–water partition coefficient (Wildman–Crippen LogP) is 0.0199.